The maximum Gasteiger partial charge on any atom is 0.261 e. The lowest BCUT2D eigenvalue weighted by molar-refractivity contribution is -0.126. The summed E-state index contributed by atoms with van der Waals surface area (Å²) in [6.45, 7) is 0. The van der Waals surface area contributed by atoms with Gasteiger partial charge in [-0.3, -0.25) is 9.52 Å². The third-order valence-corrected chi connectivity index (χ3v) is 5.75. The third-order valence-electron chi connectivity index (χ3n) is 4.10. The van der Waals surface area contributed by atoms with Gasteiger partial charge in [-0.15, -0.1) is 0 Å². The highest BCUT2D eigenvalue weighted by atomic mass is 35.5. The number of sulfonamides is 1. The van der Waals surface area contributed by atoms with Gasteiger partial charge in [-0.05, 0) is 54.1 Å². The Morgan fingerprint density at radius 1 is 0.897 bits per heavy atom. The van der Waals surface area contributed by atoms with E-state index < -0.39 is 16.1 Å². The van der Waals surface area contributed by atoms with E-state index >= 15 is 0 Å². The Hall–Kier alpha value is -2.87. The highest BCUT2D eigenvalue weighted by Gasteiger charge is 2.20. The van der Waals surface area contributed by atoms with E-state index in [2.05, 4.69) is 10.0 Å². The number of nitrogens with one attached hydrogen (secondary N) is 2. The lowest BCUT2D eigenvalue weighted by Gasteiger charge is -2.16. The largest absolute Gasteiger partial charge is 0.367 e. The van der Waals surface area contributed by atoms with Crippen LogP contribution >= 0.6 is 11.6 Å². The Morgan fingerprint density at radius 2 is 1.48 bits per heavy atom. The number of hydrogen-bond acceptors (Lipinski definition) is 4. The van der Waals surface area contributed by atoms with Gasteiger partial charge in [0.15, 0.2) is 6.10 Å². The minimum atomic E-state index is -3.77. The van der Waals surface area contributed by atoms with Crippen molar-refractivity contribution < 1.29 is 17.9 Å². The van der Waals surface area contributed by atoms with E-state index in [0.717, 1.165) is 5.56 Å². The van der Waals surface area contributed by atoms with Crippen molar-refractivity contribution in [2.45, 2.75) is 11.0 Å². The predicted molar refractivity (Wildman–Crippen MR) is 114 cm³/mol. The molecule has 8 heteroatoms. The van der Waals surface area contributed by atoms with Crippen LogP contribution in [-0.2, 0) is 19.6 Å². The lowest BCUT2D eigenvalue weighted by Crippen LogP contribution is -2.22. The van der Waals surface area contributed by atoms with Gasteiger partial charge in [-0.1, -0.05) is 41.9 Å². The topological polar surface area (TPSA) is 84.5 Å². The summed E-state index contributed by atoms with van der Waals surface area (Å²) in [4.78, 5) is 12.6. The fraction of sp³-hybridized carbons (Fsp3) is 0.0952. The number of rotatable bonds is 7. The van der Waals surface area contributed by atoms with E-state index in [1.165, 1.54) is 31.4 Å². The quantitative estimate of drug-likeness (QED) is 0.579. The van der Waals surface area contributed by atoms with Crippen LogP contribution in [0.5, 0.6) is 0 Å². The van der Waals surface area contributed by atoms with Crippen molar-refractivity contribution in [2.24, 2.45) is 0 Å². The monoisotopic (exact) mass is 430 g/mol. The molecule has 150 valence electrons. The van der Waals surface area contributed by atoms with Gasteiger partial charge in [-0.25, -0.2) is 8.42 Å². The normalized spacial score (nSPS) is 12.2. The molecule has 1 amide bonds. The zero-order valence-electron chi connectivity index (χ0n) is 15.5. The van der Waals surface area contributed by atoms with Crippen LogP contribution in [-0.4, -0.2) is 21.4 Å². The number of halogens is 1. The molecular weight excluding hydrogens is 412 g/mol. The van der Waals surface area contributed by atoms with E-state index in [9.17, 15) is 13.2 Å². The molecule has 0 saturated carbocycles. The summed E-state index contributed by atoms with van der Waals surface area (Å²) in [7, 11) is -2.31. The van der Waals surface area contributed by atoms with Crippen molar-refractivity contribution in [3.05, 3.63) is 89.4 Å². The van der Waals surface area contributed by atoms with Gasteiger partial charge in [0, 0.05) is 23.5 Å². The molecule has 0 aliphatic rings. The molecule has 29 heavy (non-hydrogen) atoms. The molecule has 0 saturated heterocycles. The fourth-order valence-corrected chi connectivity index (χ4v) is 3.86. The van der Waals surface area contributed by atoms with E-state index in [1.54, 1.807) is 36.4 Å². The summed E-state index contributed by atoms with van der Waals surface area (Å²) in [5.74, 6) is -0.353. The maximum atomic E-state index is 12.5. The first kappa shape index (κ1) is 20.9. The van der Waals surface area contributed by atoms with Gasteiger partial charge in [-0.2, -0.15) is 0 Å². The first-order chi connectivity index (χ1) is 13.9. The Kier molecular flexibility index (Phi) is 6.53. The van der Waals surface area contributed by atoms with Gasteiger partial charge < -0.3 is 10.1 Å². The molecule has 0 aliphatic carbocycles. The SMILES string of the molecule is CO[C@@H](C(=O)Nc1ccc(S(=O)(=O)Nc2ccc(Cl)cc2)cc1)c1ccccc1. The van der Waals surface area contributed by atoms with Crippen molar-refractivity contribution in [2.75, 3.05) is 17.1 Å². The van der Waals surface area contributed by atoms with Crippen LogP contribution in [0, 0.1) is 0 Å². The molecule has 0 aliphatic heterocycles. The minimum absolute atomic E-state index is 0.0665. The average molecular weight is 431 g/mol. The van der Waals surface area contributed by atoms with Crippen LogP contribution in [0.1, 0.15) is 11.7 Å². The standard InChI is InChI=1S/C21H19ClN2O4S/c1-28-20(15-5-3-2-4-6-15)21(25)23-17-11-13-19(14-12-17)29(26,27)24-18-9-7-16(22)8-10-18/h2-14,20,24H,1H3,(H,23,25)/t20-/m1/s1. The summed E-state index contributed by atoms with van der Waals surface area (Å²) < 4.78 is 32.8. The Labute approximate surface area is 174 Å². The smallest absolute Gasteiger partial charge is 0.261 e. The number of methoxy groups -OCH3 is 1. The molecule has 2 N–H and O–H groups in total. The van der Waals surface area contributed by atoms with Gasteiger partial charge in [0.1, 0.15) is 0 Å². The van der Waals surface area contributed by atoms with Crippen molar-refractivity contribution in [1.29, 1.82) is 0 Å². The van der Waals surface area contributed by atoms with Crippen LogP contribution in [0.15, 0.2) is 83.8 Å². The molecule has 0 unspecified atom stereocenters. The molecule has 0 heterocycles. The molecule has 1 atom stereocenters. The molecule has 3 rings (SSSR count). The number of carbonyl (C=O) groups is 1. The number of ether oxygens (including phenoxy) is 1. The van der Waals surface area contributed by atoms with Gasteiger partial charge >= 0.3 is 0 Å². The Bertz CT molecular complexity index is 1070. The van der Waals surface area contributed by atoms with Crippen LogP contribution in [0.25, 0.3) is 0 Å². The van der Waals surface area contributed by atoms with E-state index in [4.69, 9.17) is 16.3 Å². The molecule has 3 aromatic rings. The first-order valence-corrected chi connectivity index (χ1v) is 10.5. The number of benzene rings is 3. The van der Waals surface area contributed by atoms with Gasteiger partial charge in [0.05, 0.1) is 4.90 Å². The first-order valence-electron chi connectivity index (χ1n) is 8.66. The number of amides is 1. The van der Waals surface area contributed by atoms with Crippen molar-refractivity contribution in [1.82, 2.24) is 0 Å². The summed E-state index contributed by atoms with van der Waals surface area (Å²) in [6.07, 6.45) is -0.772. The Balaban J connectivity index is 1.70. The van der Waals surface area contributed by atoms with Crippen LogP contribution < -0.4 is 10.0 Å². The Morgan fingerprint density at radius 3 is 2.07 bits per heavy atom. The second kappa shape index (κ2) is 9.09. The van der Waals surface area contributed by atoms with Crippen LogP contribution in [0.3, 0.4) is 0 Å². The summed E-state index contributed by atoms with van der Waals surface area (Å²) >= 11 is 5.81. The lowest BCUT2D eigenvalue weighted by atomic mass is 10.1. The summed E-state index contributed by atoms with van der Waals surface area (Å²) in [5.41, 5.74) is 1.58. The fourth-order valence-electron chi connectivity index (χ4n) is 2.68. The van der Waals surface area contributed by atoms with Gasteiger partial charge in [0.2, 0.25) is 0 Å². The van der Waals surface area contributed by atoms with Crippen molar-refractivity contribution in [3.8, 4) is 0 Å². The van der Waals surface area contributed by atoms with E-state index in [-0.39, 0.29) is 10.8 Å². The van der Waals surface area contributed by atoms with Gasteiger partial charge in [0.25, 0.3) is 15.9 Å². The zero-order chi connectivity index (χ0) is 20.9. The van der Waals surface area contributed by atoms with E-state index in [0.29, 0.717) is 16.4 Å². The van der Waals surface area contributed by atoms with Crippen LogP contribution in [0.2, 0.25) is 5.02 Å². The molecular formula is C21H19ClN2O4S. The molecule has 6 nitrogen and oxygen atoms in total. The maximum absolute atomic E-state index is 12.5. The van der Waals surface area contributed by atoms with Crippen molar-refractivity contribution >= 4 is 38.9 Å². The van der Waals surface area contributed by atoms with Crippen molar-refractivity contribution in [3.63, 3.8) is 0 Å². The second-order valence-corrected chi connectivity index (χ2v) is 8.27. The highest BCUT2D eigenvalue weighted by Crippen LogP contribution is 2.22. The molecule has 0 radical (unpaired) electrons. The molecule has 0 bridgehead atoms. The zero-order valence-corrected chi connectivity index (χ0v) is 17.1. The summed E-state index contributed by atoms with van der Waals surface area (Å²) in [6, 6.07) is 21.3. The second-order valence-electron chi connectivity index (χ2n) is 6.15. The third kappa shape index (κ3) is 5.35. The molecule has 3 aromatic carbocycles. The molecule has 0 fully saturated rings. The predicted octanol–water partition coefficient (Wildman–Crippen LogP) is 4.47. The van der Waals surface area contributed by atoms with Crippen LogP contribution in [0.4, 0.5) is 11.4 Å². The number of carbonyl (C=O) groups excluding carboxylic acids is 1. The average Bonchev–Trinajstić information content (AvgIpc) is 2.71. The molecule has 0 aromatic heterocycles. The minimum Gasteiger partial charge on any atom is -0.367 e. The number of hydrogen-bond donors (Lipinski definition) is 2. The summed E-state index contributed by atoms with van der Waals surface area (Å²) in [5, 5.41) is 3.24. The highest BCUT2D eigenvalue weighted by molar-refractivity contribution is 7.92. The molecule has 0 spiro atoms. The number of anilines is 2. The van der Waals surface area contributed by atoms with E-state index in [1.807, 2.05) is 18.2 Å².